The van der Waals surface area contributed by atoms with Gasteiger partial charge in [0, 0.05) is 6.54 Å². The highest BCUT2D eigenvalue weighted by atomic mass is 16.4. The average molecular weight is 169 g/mol. The smallest absolute Gasteiger partial charge is 0.320 e. The summed E-state index contributed by atoms with van der Waals surface area (Å²) in [4.78, 5) is 12.7. The van der Waals surface area contributed by atoms with E-state index < -0.39 is 5.97 Å². The Hall–Kier alpha value is -0.830. The van der Waals surface area contributed by atoms with Gasteiger partial charge < -0.3 is 5.11 Å². The molecule has 0 bridgehead atoms. The molecule has 1 N–H and O–H groups in total. The van der Waals surface area contributed by atoms with Crippen molar-refractivity contribution in [3.05, 3.63) is 12.2 Å². The Morgan fingerprint density at radius 1 is 1.75 bits per heavy atom. The first-order chi connectivity index (χ1) is 5.75. The lowest BCUT2D eigenvalue weighted by Gasteiger charge is -2.18. The molecule has 1 aliphatic heterocycles. The number of carboxylic acids is 1. The maximum Gasteiger partial charge on any atom is 0.320 e. The van der Waals surface area contributed by atoms with E-state index in [1.807, 2.05) is 24.0 Å². The Balaban J connectivity index is 2.46. The van der Waals surface area contributed by atoms with Crippen LogP contribution in [0.3, 0.4) is 0 Å². The van der Waals surface area contributed by atoms with Gasteiger partial charge in [-0.1, -0.05) is 12.2 Å². The minimum Gasteiger partial charge on any atom is -0.480 e. The fourth-order valence-electron chi connectivity index (χ4n) is 1.57. The van der Waals surface area contributed by atoms with Crippen LogP contribution in [0.2, 0.25) is 0 Å². The average Bonchev–Trinajstić information content (AvgIpc) is 2.48. The number of hydrogen-bond acceptors (Lipinski definition) is 2. The van der Waals surface area contributed by atoms with Crippen molar-refractivity contribution in [2.24, 2.45) is 0 Å². The summed E-state index contributed by atoms with van der Waals surface area (Å²) in [5, 5.41) is 8.82. The quantitative estimate of drug-likeness (QED) is 0.643. The van der Waals surface area contributed by atoms with Crippen LogP contribution in [0, 0.1) is 0 Å². The van der Waals surface area contributed by atoms with Gasteiger partial charge in [0.05, 0.1) is 0 Å². The molecule has 1 heterocycles. The molecule has 1 aliphatic rings. The van der Waals surface area contributed by atoms with Gasteiger partial charge in [-0.15, -0.1) is 0 Å². The first-order valence-electron chi connectivity index (χ1n) is 4.33. The van der Waals surface area contributed by atoms with Crippen molar-refractivity contribution in [2.45, 2.75) is 25.8 Å². The van der Waals surface area contributed by atoms with Crippen LogP contribution in [-0.4, -0.2) is 35.1 Å². The summed E-state index contributed by atoms with van der Waals surface area (Å²) in [6.07, 6.45) is 5.76. The summed E-state index contributed by atoms with van der Waals surface area (Å²) in [6.45, 7) is 3.64. The van der Waals surface area contributed by atoms with Crippen molar-refractivity contribution < 1.29 is 9.90 Å². The second-order valence-electron chi connectivity index (χ2n) is 3.06. The highest BCUT2D eigenvalue weighted by Crippen LogP contribution is 2.16. The van der Waals surface area contributed by atoms with Crippen LogP contribution in [0.5, 0.6) is 0 Å². The summed E-state index contributed by atoms with van der Waals surface area (Å²) >= 11 is 0. The number of likely N-dealkylation sites (tertiary alicyclic amines) is 1. The molecule has 68 valence electrons. The van der Waals surface area contributed by atoms with Crippen molar-refractivity contribution in [3.63, 3.8) is 0 Å². The van der Waals surface area contributed by atoms with Gasteiger partial charge in [-0.3, -0.25) is 9.69 Å². The molecule has 0 spiro atoms. The fraction of sp³-hybridized carbons (Fsp3) is 0.667. The molecule has 0 unspecified atom stereocenters. The van der Waals surface area contributed by atoms with E-state index in [4.69, 9.17) is 5.11 Å². The van der Waals surface area contributed by atoms with Crippen LogP contribution >= 0.6 is 0 Å². The zero-order chi connectivity index (χ0) is 8.97. The van der Waals surface area contributed by atoms with E-state index in [-0.39, 0.29) is 6.04 Å². The van der Waals surface area contributed by atoms with Crippen LogP contribution in [0.4, 0.5) is 0 Å². The molecule has 0 saturated carbocycles. The maximum absolute atomic E-state index is 10.7. The van der Waals surface area contributed by atoms with Gasteiger partial charge in [-0.2, -0.15) is 0 Å². The molecule has 0 radical (unpaired) electrons. The predicted octanol–water partition coefficient (Wildman–Crippen LogP) is 1.11. The molecule has 12 heavy (non-hydrogen) atoms. The first-order valence-corrected chi connectivity index (χ1v) is 4.33. The minimum absolute atomic E-state index is 0.249. The molecule has 1 rings (SSSR count). The SMILES string of the molecule is C/C=C/CN1CCC[C@H]1C(=O)O. The number of aliphatic carboxylic acids is 1. The van der Waals surface area contributed by atoms with E-state index >= 15 is 0 Å². The molecule has 1 fully saturated rings. The summed E-state index contributed by atoms with van der Waals surface area (Å²) in [5.74, 6) is -0.683. The van der Waals surface area contributed by atoms with Gasteiger partial charge in [0.15, 0.2) is 0 Å². The van der Waals surface area contributed by atoms with Crippen LogP contribution in [0.25, 0.3) is 0 Å². The third-order valence-corrected chi connectivity index (χ3v) is 2.22. The van der Waals surface area contributed by atoms with E-state index in [9.17, 15) is 4.79 Å². The Labute approximate surface area is 72.7 Å². The topological polar surface area (TPSA) is 40.5 Å². The summed E-state index contributed by atoms with van der Waals surface area (Å²) in [5.41, 5.74) is 0. The van der Waals surface area contributed by atoms with Crippen molar-refractivity contribution in [1.82, 2.24) is 4.90 Å². The second-order valence-corrected chi connectivity index (χ2v) is 3.06. The van der Waals surface area contributed by atoms with Crippen LogP contribution < -0.4 is 0 Å². The van der Waals surface area contributed by atoms with Crippen molar-refractivity contribution in [1.29, 1.82) is 0 Å². The Kier molecular flexibility index (Phi) is 3.29. The third-order valence-electron chi connectivity index (χ3n) is 2.22. The molecule has 1 atom stereocenters. The van der Waals surface area contributed by atoms with Gasteiger partial charge in [0.25, 0.3) is 0 Å². The highest BCUT2D eigenvalue weighted by Gasteiger charge is 2.28. The fourth-order valence-corrected chi connectivity index (χ4v) is 1.57. The molecular weight excluding hydrogens is 154 g/mol. The van der Waals surface area contributed by atoms with Gasteiger partial charge in [0.1, 0.15) is 6.04 Å². The van der Waals surface area contributed by atoms with Crippen molar-refractivity contribution in [3.8, 4) is 0 Å². The van der Waals surface area contributed by atoms with Crippen LogP contribution in [0.1, 0.15) is 19.8 Å². The number of carboxylic acid groups (broad SMARTS) is 1. The Morgan fingerprint density at radius 2 is 2.50 bits per heavy atom. The molecule has 0 aromatic heterocycles. The molecule has 0 aromatic carbocycles. The number of nitrogens with zero attached hydrogens (tertiary/aromatic N) is 1. The zero-order valence-corrected chi connectivity index (χ0v) is 7.36. The molecule has 1 saturated heterocycles. The second kappa shape index (κ2) is 4.26. The van der Waals surface area contributed by atoms with E-state index in [1.54, 1.807) is 0 Å². The van der Waals surface area contributed by atoms with E-state index in [0.29, 0.717) is 0 Å². The standard InChI is InChI=1S/C9H15NO2/c1-2-3-6-10-7-4-5-8(10)9(11)12/h2-3,8H,4-7H2,1H3,(H,11,12)/b3-2+/t8-/m0/s1. The highest BCUT2D eigenvalue weighted by molar-refractivity contribution is 5.73. The van der Waals surface area contributed by atoms with Crippen molar-refractivity contribution in [2.75, 3.05) is 13.1 Å². The largest absolute Gasteiger partial charge is 0.480 e. The van der Waals surface area contributed by atoms with Gasteiger partial charge in [0.2, 0.25) is 0 Å². The number of allylic oxidation sites excluding steroid dienone is 1. The monoisotopic (exact) mass is 169 g/mol. The first kappa shape index (κ1) is 9.26. The molecule has 0 aliphatic carbocycles. The lowest BCUT2D eigenvalue weighted by atomic mass is 10.2. The summed E-state index contributed by atoms with van der Waals surface area (Å²) < 4.78 is 0. The third kappa shape index (κ3) is 2.08. The van der Waals surface area contributed by atoms with Gasteiger partial charge in [-0.25, -0.2) is 0 Å². The van der Waals surface area contributed by atoms with E-state index in [2.05, 4.69) is 0 Å². The zero-order valence-electron chi connectivity index (χ0n) is 7.36. The summed E-state index contributed by atoms with van der Waals surface area (Å²) in [6, 6.07) is -0.249. The van der Waals surface area contributed by atoms with Crippen molar-refractivity contribution >= 4 is 5.97 Å². The van der Waals surface area contributed by atoms with Gasteiger partial charge >= 0.3 is 5.97 Å². The molecule has 0 aromatic rings. The molecular formula is C9H15NO2. The number of carbonyl (C=O) groups is 1. The Bertz CT molecular complexity index is 189. The van der Waals surface area contributed by atoms with E-state index in [1.165, 1.54) is 0 Å². The number of rotatable bonds is 3. The maximum atomic E-state index is 10.7. The van der Waals surface area contributed by atoms with Crippen LogP contribution in [-0.2, 0) is 4.79 Å². The van der Waals surface area contributed by atoms with Gasteiger partial charge in [-0.05, 0) is 26.3 Å². The Morgan fingerprint density at radius 3 is 3.08 bits per heavy atom. The molecule has 0 amide bonds. The lowest BCUT2D eigenvalue weighted by Crippen LogP contribution is -2.35. The predicted molar refractivity (Wildman–Crippen MR) is 47.0 cm³/mol. The number of hydrogen-bond donors (Lipinski definition) is 1. The molecule has 3 heteroatoms. The lowest BCUT2D eigenvalue weighted by molar-refractivity contribution is -0.141. The molecule has 3 nitrogen and oxygen atoms in total. The van der Waals surface area contributed by atoms with E-state index in [0.717, 1.165) is 25.9 Å². The summed E-state index contributed by atoms with van der Waals surface area (Å²) in [7, 11) is 0. The van der Waals surface area contributed by atoms with Crippen LogP contribution in [0.15, 0.2) is 12.2 Å². The minimum atomic E-state index is -0.683. The normalized spacial score (nSPS) is 25.2.